The number of ether oxygens (including phenoxy) is 2. The molecule has 0 bridgehead atoms. The van der Waals surface area contributed by atoms with Gasteiger partial charge in [-0.05, 0) is 62.6 Å². The van der Waals surface area contributed by atoms with Crippen molar-refractivity contribution in [2.24, 2.45) is 0 Å². The van der Waals surface area contributed by atoms with Gasteiger partial charge in [0.15, 0.2) is 0 Å². The van der Waals surface area contributed by atoms with Crippen LogP contribution in [0.1, 0.15) is 32.3 Å². The quantitative estimate of drug-likeness (QED) is 0.522. The molecular weight excluding hydrogens is 412 g/mol. The molecular formula is C24H29ClN4O2. The summed E-state index contributed by atoms with van der Waals surface area (Å²) in [6, 6.07) is 12.3. The number of aromatic nitrogens is 2. The van der Waals surface area contributed by atoms with Gasteiger partial charge < -0.3 is 14.8 Å². The minimum absolute atomic E-state index is 0.388. The van der Waals surface area contributed by atoms with E-state index < -0.39 is 0 Å². The third-order valence-corrected chi connectivity index (χ3v) is 5.73. The van der Waals surface area contributed by atoms with Crippen molar-refractivity contribution >= 4 is 28.3 Å². The van der Waals surface area contributed by atoms with Crippen LogP contribution in [0.15, 0.2) is 42.7 Å². The zero-order valence-corrected chi connectivity index (χ0v) is 18.9. The standard InChI is InChI=1S/C24H29ClN4O2/c1-3-30-20-11-17(12-21(14-20)31-4-2)15-29-9-7-19(8-10-29)28-24-22-6-5-18(25)13-23(22)26-16-27-24/h5-6,11-14,16,19H,3-4,7-10,15H2,1-2H3,(H,26,27,28). The van der Waals surface area contributed by atoms with E-state index in [0.717, 1.165) is 60.7 Å². The molecule has 0 spiro atoms. The number of benzene rings is 2. The van der Waals surface area contributed by atoms with Gasteiger partial charge in [0.1, 0.15) is 23.6 Å². The molecule has 1 aliphatic rings. The summed E-state index contributed by atoms with van der Waals surface area (Å²) in [5, 5.41) is 5.31. The number of likely N-dealkylation sites (tertiary alicyclic amines) is 1. The lowest BCUT2D eigenvalue weighted by Crippen LogP contribution is -2.38. The van der Waals surface area contributed by atoms with E-state index in [9.17, 15) is 0 Å². The fourth-order valence-electron chi connectivity index (χ4n) is 4.05. The van der Waals surface area contributed by atoms with Crippen molar-refractivity contribution in [1.82, 2.24) is 14.9 Å². The molecule has 2 aromatic carbocycles. The summed E-state index contributed by atoms with van der Waals surface area (Å²) in [5.74, 6) is 2.62. The van der Waals surface area contributed by atoms with Gasteiger partial charge in [-0.3, -0.25) is 4.90 Å². The van der Waals surface area contributed by atoms with Crippen molar-refractivity contribution in [3.8, 4) is 11.5 Å². The van der Waals surface area contributed by atoms with Gasteiger partial charge in [0.2, 0.25) is 0 Å². The van der Waals surface area contributed by atoms with Gasteiger partial charge in [-0.1, -0.05) is 11.6 Å². The van der Waals surface area contributed by atoms with Crippen LogP contribution in [0.4, 0.5) is 5.82 Å². The number of piperidine rings is 1. The Morgan fingerprint density at radius 2 is 1.71 bits per heavy atom. The smallest absolute Gasteiger partial charge is 0.137 e. The molecule has 31 heavy (non-hydrogen) atoms. The van der Waals surface area contributed by atoms with Crippen LogP contribution >= 0.6 is 11.6 Å². The van der Waals surface area contributed by atoms with E-state index in [4.69, 9.17) is 21.1 Å². The Morgan fingerprint density at radius 3 is 2.39 bits per heavy atom. The Bertz CT molecular complexity index is 997. The van der Waals surface area contributed by atoms with Crippen LogP contribution in [0.2, 0.25) is 5.02 Å². The number of rotatable bonds is 8. The lowest BCUT2D eigenvalue weighted by molar-refractivity contribution is 0.210. The summed E-state index contributed by atoms with van der Waals surface area (Å²) in [6.07, 6.45) is 3.71. The van der Waals surface area contributed by atoms with Crippen LogP contribution in [0.5, 0.6) is 11.5 Å². The predicted octanol–water partition coefficient (Wildman–Crippen LogP) is 5.16. The van der Waals surface area contributed by atoms with Crippen molar-refractivity contribution < 1.29 is 9.47 Å². The maximum absolute atomic E-state index is 6.10. The van der Waals surface area contributed by atoms with Crippen LogP contribution in [0, 0.1) is 0 Å². The molecule has 6 nitrogen and oxygen atoms in total. The normalized spacial score (nSPS) is 15.2. The van der Waals surface area contributed by atoms with Crippen molar-refractivity contribution in [1.29, 1.82) is 0 Å². The summed E-state index contributed by atoms with van der Waals surface area (Å²) in [5.41, 5.74) is 2.08. The van der Waals surface area contributed by atoms with Crippen molar-refractivity contribution in [3.63, 3.8) is 0 Å². The maximum Gasteiger partial charge on any atom is 0.137 e. The van der Waals surface area contributed by atoms with Crippen LogP contribution in [0.3, 0.4) is 0 Å². The number of nitrogens with one attached hydrogen (secondary N) is 1. The molecule has 0 aliphatic carbocycles. The Labute approximate surface area is 188 Å². The number of hydrogen-bond donors (Lipinski definition) is 1. The Morgan fingerprint density at radius 1 is 1.00 bits per heavy atom. The molecule has 0 radical (unpaired) electrons. The molecule has 3 aromatic rings. The van der Waals surface area contributed by atoms with Gasteiger partial charge >= 0.3 is 0 Å². The fraction of sp³-hybridized carbons (Fsp3) is 0.417. The topological polar surface area (TPSA) is 59.5 Å². The van der Waals surface area contributed by atoms with E-state index in [2.05, 4.69) is 32.3 Å². The minimum Gasteiger partial charge on any atom is -0.494 e. The van der Waals surface area contributed by atoms with E-state index in [-0.39, 0.29) is 0 Å². The number of halogens is 1. The summed E-state index contributed by atoms with van der Waals surface area (Å²) in [7, 11) is 0. The summed E-state index contributed by atoms with van der Waals surface area (Å²) in [4.78, 5) is 11.3. The summed E-state index contributed by atoms with van der Waals surface area (Å²) in [6.45, 7) is 8.24. The second-order valence-electron chi connectivity index (χ2n) is 7.76. The zero-order chi connectivity index (χ0) is 21.6. The molecule has 0 unspecified atom stereocenters. The number of nitrogens with zero attached hydrogens (tertiary/aromatic N) is 3. The highest BCUT2D eigenvalue weighted by Crippen LogP contribution is 2.27. The van der Waals surface area contributed by atoms with E-state index >= 15 is 0 Å². The summed E-state index contributed by atoms with van der Waals surface area (Å²) < 4.78 is 11.4. The molecule has 4 rings (SSSR count). The fourth-order valence-corrected chi connectivity index (χ4v) is 4.22. The SMILES string of the molecule is CCOc1cc(CN2CCC(Nc3ncnc4cc(Cl)ccc34)CC2)cc(OCC)c1. The Hall–Kier alpha value is -2.57. The molecule has 7 heteroatoms. The van der Waals surface area contributed by atoms with Crippen molar-refractivity contribution in [2.45, 2.75) is 39.3 Å². The molecule has 1 saturated heterocycles. The molecule has 1 aliphatic heterocycles. The average molecular weight is 441 g/mol. The Kier molecular flexibility index (Phi) is 7.10. The van der Waals surface area contributed by atoms with Crippen molar-refractivity contribution in [2.75, 3.05) is 31.6 Å². The lowest BCUT2D eigenvalue weighted by Gasteiger charge is -2.33. The molecule has 0 atom stereocenters. The van der Waals surface area contributed by atoms with Crippen LogP contribution < -0.4 is 14.8 Å². The highest BCUT2D eigenvalue weighted by molar-refractivity contribution is 6.31. The first-order valence-electron chi connectivity index (χ1n) is 10.9. The van der Waals surface area contributed by atoms with Crippen molar-refractivity contribution in [3.05, 3.63) is 53.3 Å². The minimum atomic E-state index is 0.388. The average Bonchev–Trinajstić information content (AvgIpc) is 2.75. The molecule has 164 valence electrons. The highest BCUT2D eigenvalue weighted by atomic mass is 35.5. The van der Waals surface area contributed by atoms with E-state index in [1.54, 1.807) is 6.33 Å². The van der Waals surface area contributed by atoms with Crippen LogP contribution in [-0.4, -0.2) is 47.2 Å². The molecule has 1 N–H and O–H groups in total. The third-order valence-electron chi connectivity index (χ3n) is 5.49. The first kappa shape index (κ1) is 21.7. The molecule has 1 aromatic heterocycles. The molecule has 1 fully saturated rings. The second-order valence-corrected chi connectivity index (χ2v) is 8.19. The monoisotopic (exact) mass is 440 g/mol. The first-order chi connectivity index (χ1) is 15.1. The predicted molar refractivity (Wildman–Crippen MR) is 125 cm³/mol. The van der Waals surface area contributed by atoms with Gasteiger partial charge in [0.25, 0.3) is 0 Å². The second kappa shape index (κ2) is 10.2. The van der Waals surface area contributed by atoms with E-state index in [0.29, 0.717) is 24.3 Å². The number of anilines is 1. The highest BCUT2D eigenvalue weighted by Gasteiger charge is 2.20. The van der Waals surface area contributed by atoms with Crippen LogP contribution in [-0.2, 0) is 6.54 Å². The first-order valence-corrected chi connectivity index (χ1v) is 11.3. The van der Waals surface area contributed by atoms with E-state index in [1.165, 1.54) is 5.56 Å². The maximum atomic E-state index is 6.10. The van der Waals surface area contributed by atoms with Gasteiger partial charge in [0.05, 0.1) is 18.7 Å². The van der Waals surface area contributed by atoms with Gasteiger partial charge in [-0.2, -0.15) is 0 Å². The molecule has 0 amide bonds. The number of hydrogen-bond acceptors (Lipinski definition) is 6. The van der Waals surface area contributed by atoms with Gasteiger partial charge in [0, 0.05) is 42.2 Å². The molecule has 0 saturated carbocycles. The Balaban J connectivity index is 1.37. The number of fused-ring (bicyclic) bond motifs is 1. The van der Waals surface area contributed by atoms with Gasteiger partial charge in [-0.15, -0.1) is 0 Å². The largest absolute Gasteiger partial charge is 0.494 e. The summed E-state index contributed by atoms with van der Waals surface area (Å²) >= 11 is 6.10. The third kappa shape index (κ3) is 5.57. The van der Waals surface area contributed by atoms with Crippen LogP contribution in [0.25, 0.3) is 10.9 Å². The van der Waals surface area contributed by atoms with E-state index in [1.807, 2.05) is 38.1 Å². The lowest BCUT2D eigenvalue weighted by atomic mass is 10.0. The van der Waals surface area contributed by atoms with Gasteiger partial charge in [-0.25, -0.2) is 9.97 Å². The zero-order valence-electron chi connectivity index (χ0n) is 18.1. The molecule has 2 heterocycles.